The third-order valence-electron chi connectivity index (χ3n) is 3.00. The lowest BCUT2D eigenvalue weighted by atomic mass is 10.1. The first-order valence-electron chi connectivity index (χ1n) is 5.66. The fourth-order valence-electron chi connectivity index (χ4n) is 1.84. The molecule has 2 rings (SSSR count). The van der Waals surface area contributed by atoms with Crippen molar-refractivity contribution in [2.45, 2.75) is 32.9 Å². The highest BCUT2D eigenvalue weighted by molar-refractivity contribution is 5.19. The van der Waals surface area contributed by atoms with Gasteiger partial charge in [0, 0.05) is 31.3 Å². The van der Waals surface area contributed by atoms with E-state index in [2.05, 4.69) is 15.2 Å². The van der Waals surface area contributed by atoms with E-state index in [0.717, 1.165) is 23.6 Å². The molecule has 2 aromatic rings. The predicted octanol–water partition coefficient (Wildman–Crippen LogP) is 0.616. The van der Waals surface area contributed by atoms with Crippen molar-refractivity contribution in [1.29, 1.82) is 0 Å². The Morgan fingerprint density at radius 1 is 1.41 bits per heavy atom. The summed E-state index contributed by atoms with van der Waals surface area (Å²) in [4.78, 5) is 4.15. The first kappa shape index (κ1) is 11.8. The van der Waals surface area contributed by atoms with Crippen LogP contribution in [0, 0.1) is 6.92 Å². The van der Waals surface area contributed by atoms with Crippen LogP contribution in [-0.2, 0) is 20.0 Å². The molecule has 6 nitrogen and oxygen atoms in total. The molecule has 1 atom stereocenters. The standard InChI is InChI=1S/C11H17N5O/c1-4-16-11(12-7-14-16)5-10(17)9-6-13-15(3)8(9)2/h6-7,10,17H,4-5H2,1-3H3. The predicted molar refractivity (Wildman–Crippen MR) is 62.3 cm³/mol. The van der Waals surface area contributed by atoms with Crippen molar-refractivity contribution in [2.75, 3.05) is 0 Å². The number of aliphatic hydroxyl groups excluding tert-OH is 1. The maximum absolute atomic E-state index is 10.2. The summed E-state index contributed by atoms with van der Waals surface area (Å²) in [5.41, 5.74) is 1.82. The van der Waals surface area contributed by atoms with Gasteiger partial charge in [-0.15, -0.1) is 0 Å². The highest BCUT2D eigenvalue weighted by Gasteiger charge is 2.17. The summed E-state index contributed by atoms with van der Waals surface area (Å²) in [5, 5.41) is 18.4. The van der Waals surface area contributed by atoms with Gasteiger partial charge in [0.15, 0.2) is 0 Å². The van der Waals surface area contributed by atoms with Crippen molar-refractivity contribution < 1.29 is 5.11 Å². The molecule has 0 spiro atoms. The molecule has 1 N–H and O–H groups in total. The molecule has 6 heteroatoms. The quantitative estimate of drug-likeness (QED) is 0.843. The lowest BCUT2D eigenvalue weighted by Gasteiger charge is -2.10. The third-order valence-corrected chi connectivity index (χ3v) is 3.00. The zero-order valence-electron chi connectivity index (χ0n) is 10.3. The fraction of sp³-hybridized carbons (Fsp3) is 0.545. The van der Waals surface area contributed by atoms with Crippen LogP contribution >= 0.6 is 0 Å². The molecule has 2 heterocycles. The van der Waals surface area contributed by atoms with E-state index in [1.165, 1.54) is 6.33 Å². The molecule has 0 radical (unpaired) electrons. The van der Waals surface area contributed by atoms with Gasteiger partial charge >= 0.3 is 0 Å². The van der Waals surface area contributed by atoms with Crippen LogP contribution in [-0.4, -0.2) is 29.7 Å². The second kappa shape index (κ2) is 4.67. The zero-order chi connectivity index (χ0) is 12.4. The van der Waals surface area contributed by atoms with Crippen LogP contribution in [0.1, 0.15) is 30.1 Å². The van der Waals surface area contributed by atoms with Crippen LogP contribution in [0.4, 0.5) is 0 Å². The average Bonchev–Trinajstić information content (AvgIpc) is 2.87. The first-order chi connectivity index (χ1) is 8.13. The SMILES string of the molecule is CCn1ncnc1CC(O)c1cnn(C)c1C. The minimum Gasteiger partial charge on any atom is -0.388 e. The van der Waals surface area contributed by atoms with Gasteiger partial charge in [-0.05, 0) is 13.8 Å². The molecule has 2 aromatic heterocycles. The first-order valence-corrected chi connectivity index (χ1v) is 5.66. The van der Waals surface area contributed by atoms with Crippen molar-refractivity contribution in [3.63, 3.8) is 0 Å². The molecule has 1 unspecified atom stereocenters. The molecule has 92 valence electrons. The average molecular weight is 235 g/mol. The Labute approximate surface area is 99.9 Å². The number of nitrogens with zero attached hydrogens (tertiary/aromatic N) is 5. The lowest BCUT2D eigenvalue weighted by molar-refractivity contribution is 0.173. The summed E-state index contributed by atoms with van der Waals surface area (Å²) >= 11 is 0. The molecule has 0 saturated heterocycles. The second-order valence-electron chi connectivity index (χ2n) is 4.02. The Balaban J connectivity index is 2.17. The topological polar surface area (TPSA) is 68.8 Å². The minimum atomic E-state index is -0.585. The van der Waals surface area contributed by atoms with Gasteiger partial charge in [-0.2, -0.15) is 10.2 Å². The van der Waals surface area contributed by atoms with Crippen molar-refractivity contribution in [3.05, 3.63) is 29.6 Å². The third kappa shape index (κ3) is 2.21. The van der Waals surface area contributed by atoms with Crippen molar-refractivity contribution in [2.24, 2.45) is 7.05 Å². The Hall–Kier alpha value is -1.69. The van der Waals surface area contributed by atoms with Crippen LogP contribution in [0.25, 0.3) is 0 Å². The molecule has 0 aliphatic rings. The Morgan fingerprint density at radius 2 is 2.18 bits per heavy atom. The summed E-state index contributed by atoms with van der Waals surface area (Å²) in [6.07, 6.45) is 3.09. The number of hydrogen-bond donors (Lipinski definition) is 1. The van der Waals surface area contributed by atoms with Crippen LogP contribution in [0.15, 0.2) is 12.5 Å². The van der Waals surface area contributed by atoms with Gasteiger partial charge in [-0.25, -0.2) is 4.98 Å². The van der Waals surface area contributed by atoms with E-state index >= 15 is 0 Å². The lowest BCUT2D eigenvalue weighted by Crippen LogP contribution is -2.10. The normalized spacial score (nSPS) is 12.9. The molecule has 0 amide bonds. The van der Waals surface area contributed by atoms with Crippen molar-refractivity contribution in [1.82, 2.24) is 24.5 Å². The molecule has 0 fully saturated rings. The van der Waals surface area contributed by atoms with E-state index in [9.17, 15) is 5.11 Å². The van der Waals surface area contributed by atoms with E-state index in [1.54, 1.807) is 15.6 Å². The van der Waals surface area contributed by atoms with Crippen molar-refractivity contribution in [3.8, 4) is 0 Å². The molecule has 0 aliphatic carbocycles. The highest BCUT2D eigenvalue weighted by atomic mass is 16.3. The maximum Gasteiger partial charge on any atom is 0.138 e. The van der Waals surface area contributed by atoms with Gasteiger partial charge in [-0.3, -0.25) is 9.36 Å². The monoisotopic (exact) mass is 235 g/mol. The van der Waals surface area contributed by atoms with E-state index in [1.807, 2.05) is 20.9 Å². The summed E-state index contributed by atoms with van der Waals surface area (Å²) in [6, 6.07) is 0. The Morgan fingerprint density at radius 3 is 2.76 bits per heavy atom. The van der Waals surface area contributed by atoms with E-state index in [-0.39, 0.29) is 0 Å². The number of aromatic nitrogens is 5. The summed E-state index contributed by atoms with van der Waals surface area (Å²) in [7, 11) is 1.86. The smallest absolute Gasteiger partial charge is 0.138 e. The molecule has 0 saturated carbocycles. The second-order valence-corrected chi connectivity index (χ2v) is 4.02. The fourth-order valence-corrected chi connectivity index (χ4v) is 1.84. The van der Waals surface area contributed by atoms with Crippen molar-refractivity contribution >= 4 is 0 Å². The van der Waals surface area contributed by atoms with Gasteiger partial charge in [-0.1, -0.05) is 0 Å². The highest BCUT2D eigenvalue weighted by Crippen LogP contribution is 2.19. The van der Waals surface area contributed by atoms with Gasteiger partial charge in [0.1, 0.15) is 12.2 Å². The summed E-state index contributed by atoms with van der Waals surface area (Å²) < 4.78 is 3.54. The van der Waals surface area contributed by atoms with Crippen LogP contribution in [0.3, 0.4) is 0 Å². The van der Waals surface area contributed by atoms with Gasteiger partial charge in [0.25, 0.3) is 0 Å². The molecule has 0 aliphatic heterocycles. The summed E-state index contributed by atoms with van der Waals surface area (Å²) in [6.45, 7) is 4.70. The molecule has 0 aromatic carbocycles. The van der Waals surface area contributed by atoms with E-state index in [0.29, 0.717) is 6.42 Å². The van der Waals surface area contributed by atoms with Crippen LogP contribution < -0.4 is 0 Å². The maximum atomic E-state index is 10.2. The van der Waals surface area contributed by atoms with E-state index < -0.39 is 6.10 Å². The van der Waals surface area contributed by atoms with E-state index in [4.69, 9.17) is 0 Å². The largest absolute Gasteiger partial charge is 0.388 e. The minimum absolute atomic E-state index is 0.459. The number of aliphatic hydroxyl groups is 1. The molecular formula is C11H17N5O. The Bertz CT molecular complexity index is 502. The summed E-state index contributed by atoms with van der Waals surface area (Å²) in [5.74, 6) is 0.795. The van der Waals surface area contributed by atoms with Gasteiger partial charge in [0.2, 0.25) is 0 Å². The number of hydrogen-bond acceptors (Lipinski definition) is 4. The number of rotatable bonds is 4. The van der Waals surface area contributed by atoms with Gasteiger partial charge < -0.3 is 5.11 Å². The van der Waals surface area contributed by atoms with Crippen LogP contribution in [0.2, 0.25) is 0 Å². The molecular weight excluding hydrogens is 218 g/mol. The Kier molecular flexibility index (Phi) is 3.23. The molecule has 0 bridgehead atoms. The zero-order valence-corrected chi connectivity index (χ0v) is 10.3. The molecule has 17 heavy (non-hydrogen) atoms. The van der Waals surface area contributed by atoms with Gasteiger partial charge in [0.05, 0.1) is 12.3 Å². The number of aryl methyl sites for hydroxylation is 2. The van der Waals surface area contributed by atoms with Crippen LogP contribution in [0.5, 0.6) is 0 Å².